The number of benzene rings is 1. The van der Waals surface area contributed by atoms with E-state index in [1.807, 2.05) is 0 Å². The summed E-state index contributed by atoms with van der Waals surface area (Å²) in [5, 5.41) is 9.30. The molecule has 2 rings (SSSR count). The van der Waals surface area contributed by atoms with E-state index in [0.29, 0.717) is 0 Å². The van der Waals surface area contributed by atoms with Crippen LogP contribution in [0, 0.1) is 0 Å². The smallest absolute Gasteiger partial charge is 0.504 e. The van der Waals surface area contributed by atoms with Gasteiger partial charge in [-0.25, -0.2) is 0 Å². The van der Waals surface area contributed by atoms with Crippen LogP contribution in [0.5, 0.6) is 11.5 Å². The van der Waals surface area contributed by atoms with E-state index < -0.39 is 23.6 Å². The van der Waals surface area contributed by atoms with E-state index in [2.05, 4.69) is 9.72 Å². The molecule has 0 atom stereocenters. The molecule has 1 aromatic heterocycles. The van der Waals surface area contributed by atoms with Crippen LogP contribution in [0.2, 0.25) is 0 Å². The van der Waals surface area contributed by atoms with Crippen LogP contribution in [0.4, 0.5) is 13.2 Å². The Morgan fingerprint density at radius 1 is 1.20 bits per heavy atom. The van der Waals surface area contributed by atoms with Crippen molar-refractivity contribution in [3.8, 4) is 11.5 Å². The van der Waals surface area contributed by atoms with Gasteiger partial charge in [-0.1, -0.05) is 6.07 Å². The minimum absolute atomic E-state index is 0.0687. The highest BCUT2D eigenvalue weighted by Crippen LogP contribution is 2.32. The Hall–Kier alpha value is -2.57. The third kappa shape index (κ3) is 3.25. The van der Waals surface area contributed by atoms with Gasteiger partial charge in [-0.3, -0.25) is 9.78 Å². The Labute approximate surface area is 111 Å². The number of carbonyl (C=O) groups excluding carboxylic acids is 1. The van der Waals surface area contributed by atoms with Crippen LogP contribution in [0.3, 0.4) is 0 Å². The molecular weight excluding hydrogens is 275 g/mol. The second-order valence-electron chi connectivity index (χ2n) is 3.77. The molecule has 104 valence electrons. The number of ketones is 1. The number of rotatable bonds is 3. The summed E-state index contributed by atoms with van der Waals surface area (Å²) in [6.07, 6.45) is -3.56. The third-order valence-corrected chi connectivity index (χ3v) is 2.35. The molecule has 1 aromatic carbocycles. The second kappa shape index (κ2) is 5.20. The zero-order chi connectivity index (χ0) is 14.8. The highest BCUT2D eigenvalue weighted by Gasteiger charge is 2.32. The lowest BCUT2D eigenvalue weighted by atomic mass is 10.1. The summed E-state index contributed by atoms with van der Waals surface area (Å²) >= 11 is 0. The predicted molar refractivity (Wildman–Crippen MR) is 62.5 cm³/mol. The van der Waals surface area contributed by atoms with E-state index in [-0.39, 0.29) is 11.3 Å². The number of alkyl halides is 3. The fourth-order valence-corrected chi connectivity index (χ4v) is 1.51. The molecule has 0 saturated carbocycles. The van der Waals surface area contributed by atoms with Crippen LogP contribution < -0.4 is 4.74 Å². The number of nitrogens with zero attached hydrogens (tertiary/aromatic N) is 1. The van der Waals surface area contributed by atoms with Crippen LogP contribution >= 0.6 is 0 Å². The lowest BCUT2D eigenvalue weighted by Crippen LogP contribution is -2.17. The summed E-state index contributed by atoms with van der Waals surface area (Å²) in [5.74, 6) is -2.11. The van der Waals surface area contributed by atoms with Gasteiger partial charge in [0.25, 0.3) is 0 Å². The lowest BCUT2D eigenvalue weighted by Gasteiger charge is -2.11. The number of aromatic hydroxyl groups is 1. The van der Waals surface area contributed by atoms with Crippen molar-refractivity contribution in [1.82, 2.24) is 4.98 Å². The normalized spacial score (nSPS) is 11.2. The number of hydrogen-bond donors (Lipinski definition) is 1. The number of ether oxygens (including phenoxy) is 1. The van der Waals surface area contributed by atoms with Crippen LogP contribution in [-0.2, 0) is 0 Å². The zero-order valence-electron chi connectivity index (χ0n) is 9.89. The molecule has 0 spiro atoms. The standard InChI is InChI=1S/C13H8F3NO3/c14-13(15,16)20-11-7-8(4-5-10(11)18)12(19)9-3-1-2-6-17-9/h1-7,18H. The minimum Gasteiger partial charge on any atom is -0.504 e. The molecule has 7 heteroatoms. The number of aromatic nitrogens is 1. The first-order chi connectivity index (χ1) is 9.37. The number of hydrogen-bond acceptors (Lipinski definition) is 4. The monoisotopic (exact) mass is 283 g/mol. The van der Waals surface area contributed by atoms with Crippen molar-refractivity contribution in [1.29, 1.82) is 0 Å². The predicted octanol–water partition coefficient (Wildman–Crippen LogP) is 2.92. The van der Waals surface area contributed by atoms with E-state index >= 15 is 0 Å². The molecule has 4 nitrogen and oxygen atoms in total. The van der Waals surface area contributed by atoms with Crippen molar-refractivity contribution in [2.24, 2.45) is 0 Å². The van der Waals surface area contributed by atoms with Gasteiger partial charge in [0.1, 0.15) is 5.69 Å². The summed E-state index contributed by atoms with van der Waals surface area (Å²) in [6, 6.07) is 7.58. The largest absolute Gasteiger partial charge is 0.573 e. The molecule has 0 aliphatic carbocycles. The first kappa shape index (κ1) is 13.9. The van der Waals surface area contributed by atoms with Gasteiger partial charge in [-0.2, -0.15) is 0 Å². The molecule has 0 bridgehead atoms. The maximum absolute atomic E-state index is 12.1. The Morgan fingerprint density at radius 2 is 1.95 bits per heavy atom. The minimum atomic E-state index is -4.95. The van der Waals surface area contributed by atoms with Crippen LogP contribution in [0.1, 0.15) is 16.1 Å². The topological polar surface area (TPSA) is 59.4 Å². The number of phenols is 1. The first-order valence-electron chi connectivity index (χ1n) is 5.41. The van der Waals surface area contributed by atoms with Crippen molar-refractivity contribution < 1.29 is 27.8 Å². The summed E-state index contributed by atoms with van der Waals surface area (Å²) in [4.78, 5) is 15.8. The van der Waals surface area contributed by atoms with Crippen molar-refractivity contribution in [2.75, 3.05) is 0 Å². The molecule has 0 fully saturated rings. The molecule has 0 aliphatic heterocycles. The third-order valence-electron chi connectivity index (χ3n) is 2.35. The quantitative estimate of drug-likeness (QED) is 0.880. The molecule has 20 heavy (non-hydrogen) atoms. The van der Waals surface area contributed by atoms with Gasteiger partial charge in [0.15, 0.2) is 11.5 Å². The second-order valence-corrected chi connectivity index (χ2v) is 3.77. The zero-order valence-corrected chi connectivity index (χ0v) is 9.89. The number of halogens is 3. The fraction of sp³-hybridized carbons (Fsp3) is 0.0769. The van der Waals surface area contributed by atoms with E-state index in [4.69, 9.17) is 0 Å². The fourth-order valence-electron chi connectivity index (χ4n) is 1.51. The summed E-state index contributed by atoms with van der Waals surface area (Å²) in [7, 11) is 0. The molecule has 2 aromatic rings. The van der Waals surface area contributed by atoms with E-state index in [1.165, 1.54) is 18.3 Å². The number of pyridine rings is 1. The van der Waals surface area contributed by atoms with E-state index in [9.17, 15) is 23.1 Å². The molecule has 0 unspecified atom stereocenters. The highest BCUT2D eigenvalue weighted by molar-refractivity contribution is 6.08. The lowest BCUT2D eigenvalue weighted by molar-refractivity contribution is -0.275. The van der Waals surface area contributed by atoms with Gasteiger partial charge < -0.3 is 9.84 Å². The Kier molecular flexibility index (Phi) is 3.60. The van der Waals surface area contributed by atoms with Crippen LogP contribution in [0.15, 0.2) is 42.6 Å². The molecule has 1 heterocycles. The molecule has 0 radical (unpaired) electrons. The van der Waals surface area contributed by atoms with Crippen molar-refractivity contribution >= 4 is 5.78 Å². The van der Waals surface area contributed by atoms with Gasteiger partial charge >= 0.3 is 6.36 Å². The molecule has 0 aliphatic rings. The summed E-state index contributed by atoms with van der Waals surface area (Å²) in [6.45, 7) is 0. The van der Waals surface area contributed by atoms with Crippen molar-refractivity contribution in [3.63, 3.8) is 0 Å². The summed E-state index contributed by atoms with van der Waals surface area (Å²) < 4.78 is 40.1. The Morgan fingerprint density at radius 3 is 2.55 bits per heavy atom. The number of phenolic OH excluding ortho intramolecular Hbond substituents is 1. The van der Waals surface area contributed by atoms with Gasteiger partial charge in [-0.15, -0.1) is 13.2 Å². The Balaban J connectivity index is 2.34. The number of carbonyl (C=O) groups is 1. The Bertz CT molecular complexity index is 627. The average molecular weight is 283 g/mol. The van der Waals surface area contributed by atoms with Crippen LogP contribution in [0.25, 0.3) is 0 Å². The summed E-state index contributed by atoms with van der Waals surface area (Å²) in [5.41, 5.74) is 0.0110. The van der Waals surface area contributed by atoms with Crippen LogP contribution in [-0.4, -0.2) is 22.2 Å². The molecule has 0 saturated heterocycles. The van der Waals surface area contributed by atoms with Crippen molar-refractivity contribution in [3.05, 3.63) is 53.9 Å². The van der Waals surface area contributed by atoms with E-state index in [0.717, 1.165) is 12.1 Å². The van der Waals surface area contributed by atoms with Crippen molar-refractivity contribution in [2.45, 2.75) is 6.36 Å². The molecule has 1 N–H and O–H groups in total. The average Bonchev–Trinajstić information content (AvgIpc) is 2.40. The molecular formula is C13H8F3NO3. The highest BCUT2D eigenvalue weighted by atomic mass is 19.4. The maximum atomic E-state index is 12.1. The van der Waals surface area contributed by atoms with Gasteiger partial charge in [0.2, 0.25) is 5.78 Å². The molecule has 0 amide bonds. The van der Waals surface area contributed by atoms with E-state index in [1.54, 1.807) is 12.1 Å². The first-order valence-corrected chi connectivity index (χ1v) is 5.41. The van der Waals surface area contributed by atoms with Gasteiger partial charge in [-0.05, 0) is 30.3 Å². The SMILES string of the molecule is O=C(c1ccc(O)c(OC(F)(F)F)c1)c1ccccn1. The maximum Gasteiger partial charge on any atom is 0.573 e. The van der Waals surface area contributed by atoms with Gasteiger partial charge in [0, 0.05) is 11.8 Å². The van der Waals surface area contributed by atoms with Gasteiger partial charge in [0.05, 0.1) is 0 Å².